The lowest BCUT2D eigenvalue weighted by atomic mass is 10.1. The van der Waals surface area contributed by atoms with Crippen LogP contribution in [-0.4, -0.2) is 46.7 Å². The molecule has 1 unspecified atom stereocenters. The quantitative estimate of drug-likeness (QED) is 0.925. The van der Waals surface area contributed by atoms with E-state index in [9.17, 15) is 4.79 Å². The van der Waals surface area contributed by atoms with Crippen molar-refractivity contribution in [1.29, 1.82) is 0 Å². The molecule has 20 heavy (non-hydrogen) atoms. The number of hydrogen-bond acceptors (Lipinski definition) is 4. The molecule has 2 rings (SSSR count). The molecule has 0 saturated carbocycles. The van der Waals surface area contributed by atoms with Gasteiger partial charge in [0.05, 0.1) is 5.56 Å². The molecule has 1 saturated heterocycles. The second kappa shape index (κ2) is 6.70. The lowest BCUT2D eigenvalue weighted by molar-refractivity contribution is 0.0946. The first-order valence-corrected chi connectivity index (χ1v) is 7.44. The van der Waals surface area contributed by atoms with Crippen LogP contribution in [0.25, 0.3) is 0 Å². The normalized spacial score (nSPS) is 19.6. The second-order valence-electron chi connectivity index (χ2n) is 5.32. The molecule has 0 radical (unpaired) electrons. The molecule has 1 amide bonds. The number of nitrogens with one attached hydrogen (secondary N) is 1. The van der Waals surface area contributed by atoms with E-state index in [4.69, 9.17) is 23.2 Å². The van der Waals surface area contributed by atoms with Crippen LogP contribution in [0.5, 0.6) is 0 Å². The summed E-state index contributed by atoms with van der Waals surface area (Å²) in [6, 6.07) is 1.98. The Morgan fingerprint density at radius 2 is 2.25 bits per heavy atom. The highest BCUT2D eigenvalue weighted by molar-refractivity contribution is 6.34. The van der Waals surface area contributed by atoms with Crippen molar-refractivity contribution in [1.82, 2.24) is 20.4 Å². The first-order chi connectivity index (χ1) is 9.47. The standard InChI is InChI=1S/C13H18Cl2N4O/c1-8(2)19-4-3-9(7-19)6-16-13(20)10-5-11(14)17-18-12(10)15/h5,8-9H,3-4,6-7H2,1-2H3,(H,16,20). The highest BCUT2D eigenvalue weighted by Gasteiger charge is 2.24. The van der Waals surface area contributed by atoms with Gasteiger partial charge in [0.1, 0.15) is 0 Å². The predicted octanol–water partition coefficient (Wildman–Crippen LogP) is 2.24. The third kappa shape index (κ3) is 3.81. The van der Waals surface area contributed by atoms with E-state index >= 15 is 0 Å². The number of rotatable bonds is 4. The van der Waals surface area contributed by atoms with Crippen molar-refractivity contribution >= 4 is 29.1 Å². The molecule has 7 heteroatoms. The van der Waals surface area contributed by atoms with Gasteiger partial charge in [0.15, 0.2) is 10.3 Å². The summed E-state index contributed by atoms with van der Waals surface area (Å²) in [6.45, 7) is 7.11. The van der Waals surface area contributed by atoms with Gasteiger partial charge in [-0.2, -0.15) is 0 Å². The van der Waals surface area contributed by atoms with Crippen molar-refractivity contribution in [2.24, 2.45) is 5.92 Å². The molecule has 1 aromatic rings. The first kappa shape index (κ1) is 15.5. The lowest BCUT2D eigenvalue weighted by Gasteiger charge is -2.20. The Morgan fingerprint density at radius 1 is 1.50 bits per heavy atom. The van der Waals surface area contributed by atoms with Gasteiger partial charge in [-0.05, 0) is 38.8 Å². The van der Waals surface area contributed by atoms with Gasteiger partial charge in [0.2, 0.25) is 0 Å². The summed E-state index contributed by atoms with van der Waals surface area (Å²) in [5.41, 5.74) is 0.269. The molecule has 0 spiro atoms. The third-order valence-electron chi connectivity index (χ3n) is 3.56. The SMILES string of the molecule is CC(C)N1CCC(CNC(=O)c2cc(Cl)nnc2Cl)C1. The van der Waals surface area contributed by atoms with E-state index < -0.39 is 0 Å². The molecule has 1 N–H and O–H groups in total. The van der Waals surface area contributed by atoms with Gasteiger partial charge >= 0.3 is 0 Å². The maximum absolute atomic E-state index is 12.1. The van der Waals surface area contributed by atoms with E-state index in [1.54, 1.807) is 0 Å². The highest BCUT2D eigenvalue weighted by Crippen LogP contribution is 2.19. The summed E-state index contributed by atoms with van der Waals surface area (Å²) >= 11 is 11.6. The van der Waals surface area contributed by atoms with Crippen LogP contribution in [0.2, 0.25) is 10.3 Å². The molecule has 2 heterocycles. The predicted molar refractivity (Wildman–Crippen MR) is 79.2 cm³/mol. The number of hydrogen-bond donors (Lipinski definition) is 1. The Hall–Kier alpha value is -0.910. The van der Waals surface area contributed by atoms with Crippen molar-refractivity contribution in [2.75, 3.05) is 19.6 Å². The van der Waals surface area contributed by atoms with Gasteiger partial charge in [0, 0.05) is 19.1 Å². The zero-order valence-electron chi connectivity index (χ0n) is 11.6. The number of carbonyl (C=O) groups is 1. The summed E-state index contributed by atoms with van der Waals surface area (Å²) in [5.74, 6) is 0.222. The molecule has 1 aromatic heterocycles. The van der Waals surface area contributed by atoms with E-state index in [1.807, 2.05) is 0 Å². The van der Waals surface area contributed by atoms with Crippen LogP contribution in [0.1, 0.15) is 30.6 Å². The van der Waals surface area contributed by atoms with Crippen LogP contribution in [0.4, 0.5) is 0 Å². The maximum Gasteiger partial charge on any atom is 0.254 e. The van der Waals surface area contributed by atoms with Crippen molar-refractivity contribution in [3.05, 3.63) is 21.9 Å². The van der Waals surface area contributed by atoms with E-state index in [-0.39, 0.29) is 21.8 Å². The minimum absolute atomic E-state index is 0.0714. The monoisotopic (exact) mass is 316 g/mol. The number of carbonyl (C=O) groups excluding carboxylic acids is 1. The second-order valence-corrected chi connectivity index (χ2v) is 6.07. The molecule has 1 fully saturated rings. The fraction of sp³-hybridized carbons (Fsp3) is 0.615. The maximum atomic E-state index is 12.1. The van der Waals surface area contributed by atoms with Gasteiger partial charge in [0.25, 0.3) is 5.91 Å². The molecule has 0 aromatic carbocycles. The number of amides is 1. The Morgan fingerprint density at radius 3 is 2.90 bits per heavy atom. The van der Waals surface area contributed by atoms with E-state index in [0.29, 0.717) is 18.5 Å². The topological polar surface area (TPSA) is 58.1 Å². The largest absolute Gasteiger partial charge is 0.352 e. The van der Waals surface area contributed by atoms with Gasteiger partial charge in [-0.25, -0.2) is 0 Å². The average molecular weight is 317 g/mol. The van der Waals surface area contributed by atoms with Crippen LogP contribution >= 0.6 is 23.2 Å². The smallest absolute Gasteiger partial charge is 0.254 e. The molecular formula is C13H18Cl2N4O. The Kier molecular flexibility index (Phi) is 5.18. The number of aromatic nitrogens is 2. The van der Waals surface area contributed by atoms with Crippen LogP contribution in [0.15, 0.2) is 6.07 Å². The van der Waals surface area contributed by atoms with Gasteiger partial charge < -0.3 is 10.2 Å². The number of likely N-dealkylation sites (tertiary alicyclic amines) is 1. The van der Waals surface area contributed by atoms with E-state index in [0.717, 1.165) is 19.5 Å². The summed E-state index contributed by atoms with van der Waals surface area (Å²) < 4.78 is 0. The summed E-state index contributed by atoms with van der Waals surface area (Å²) in [7, 11) is 0. The summed E-state index contributed by atoms with van der Waals surface area (Å²) in [4.78, 5) is 14.5. The third-order valence-corrected chi connectivity index (χ3v) is 4.03. The Labute approximate surface area is 128 Å². The highest BCUT2D eigenvalue weighted by atomic mass is 35.5. The van der Waals surface area contributed by atoms with Crippen LogP contribution < -0.4 is 5.32 Å². The van der Waals surface area contributed by atoms with Crippen LogP contribution in [0, 0.1) is 5.92 Å². The molecular weight excluding hydrogens is 299 g/mol. The fourth-order valence-electron chi connectivity index (χ4n) is 2.34. The molecule has 1 atom stereocenters. The van der Waals surface area contributed by atoms with Crippen molar-refractivity contribution in [2.45, 2.75) is 26.3 Å². The van der Waals surface area contributed by atoms with Crippen molar-refractivity contribution in [3.63, 3.8) is 0 Å². The minimum atomic E-state index is -0.255. The fourth-order valence-corrected chi connectivity index (χ4v) is 2.67. The van der Waals surface area contributed by atoms with Gasteiger partial charge in [-0.1, -0.05) is 23.2 Å². The molecule has 0 bridgehead atoms. The molecule has 5 nitrogen and oxygen atoms in total. The Bertz CT molecular complexity index is 495. The summed E-state index contributed by atoms with van der Waals surface area (Å²) in [6.07, 6.45) is 1.10. The van der Waals surface area contributed by atoms with Gasteiger partial charge in [-0.3, -0.25) is 4.79 Å². The lowest BCUT2D eigenvalue weighted by Crippen LogP contribution is -2.33. The molecule has 1 aliphatic heterocycles. The van der Waals surface area contributed by atoms with Crippen LogP contribution in [0.3, 0.4) is 0 Å². The van der Waals surface area contributed by atoms with Crippen LogP contribution in [-0.2, 0) is 0 Å². The van der Waals surface area contributed by atoms with Gasteiger partial charge in [-0.15, -0.1) is 10.2 Å². The number of halogens is 2. The van der Waals surface area contributed by atoms with E-state index in [2.05, 4.69) is 34.3 Å². The zero-order valence-corrected chi connectivity index (χ0v) is 13.1. The van der Waals surface area contributed by atoms with E-state index in [1.165, 1.54) is 6.07 Å². The zero-order chi connectivity index (χ0) is 14.7. The van der Waals surface area contributed by atoms with Crippen molar-refractivity contribution < 1.29 is 4.79 Å². The Balaban J connectivity index is 1.88. The minimum Gasteiger partial charge on any atom is -0.352 e. The number of nitrogens with zero attached hydrogens (tertiary/aromatic N) is 3. The first-order valence-electron chi connectivity index (χ1n) is 6.68. The summed E-state index contributed by atoms with van der Waals surface area (Å²) in [5, 5.41) is 10.3. The molecule has 1 aliphatic rings. The molecule has 0 aliphatic carbocycles. The van der Waals surface area contributed by atoms with Crippen molar-refractivity contribution in [3.8, 4) is 0 Å². The average Bonchev–Trinajstić information content (AvgIpc) is 2.88. The molecule has 110 valence electrons.